The fourth-order valence-corrected chi connectivity index (χ4v) is 2.15. The van der Waals surface area contributed by atoms with E-state index in [4.69, 9.17) is 19.6 Å². The molecule has 0 aliphatic carbocycles. The molecule has 0 aromatic rings. The zero-order valence-corrected chi connectivity index (χ0v) is 10.8. The first-order valence-electron chi connectivity index (χ1n) is 5.29. The van der Waals surface area contributed by atoms with Gasteiger partial charge in [-0.05, 0) is 0 Å². The second-order valence-electron chi connectivity index (χ2n) is 4.03. The van der Waals surface area contributed by atoms with Crippen LogP contribution in [0.2, 0.25) is 0 Å². The number of ether oxygens (including phenoxy) is 1. The minimum atomic E-state index is -4.95. The molecule has 0 unspecified atom stereocenters. The van der Waals surface area contributed by atoms with Crippen LogP contribution in [0.25, 0.3) is 0 Å². The van der Waals surface area contributed by atoms with Crippen molar-refractivity contribution < 1.29 is 43.7 Å². The van der Waals surface area contributed by atoms with E-state index < -0.39 is 51.0 Å². The number of aliphatic hydroxyl groups excluding tert-OH is 3. The number of hydrogen-bond donors (Lipinski definition) is 6. The first-order chi connectivity index (χ1) is 8.65. The van der Waals surface area contributed by atoms with Crippen molar-refractivity contribution in [3.05, 3.63) is 0 Å². The molecule has 0 spiro atoms. The van der Waals surface area contributed by atoms with Crippen LogP contribution in [0.15, 0.2) is 0 Å². The number of carbonyl (C=O) groups is 1. The van der Waals surface area contributed by atoms with Crippen molar-refractivity contribution in [2.75, 3.05) is 6.61 Å². The Kier molecular flexibility index (Phi) is 5.42. The molecule has 1 aliphatic heterocycles. The van der Waals surface area contributed by atoms with Gasteiger partial charge < -0.3 is 35.2 Å². The standard InChI is InChI=1S/C8H16NO9P/c1-3(11)9-5-7(13)6(12)4(2-10)17-8(5)18-19(14,15)16/h4-8,10,12-13H,2H2,1H3,(H,9,11)(H2,14,15,16)/t4-,5+,6-,7-,8-/m1/s1. The van der Waals surface area contributed by atoms with Gasteiger partial charge in [0, 0.05) is 6.92 Å². The smallest absolute Gasteiger partial charge is 0.394 e. The molecule has 19 heavy (non-hydrogen) atoms. The molecule has 1 saturated heterocycles. The van der Waals surface area contributed by atoms with Gasteiger partial charge in [0.15, 0.2) is 6.29 Å². The molecular formula is C8H16NO9P. The fraction of sp³-hybridized carbons (Fsp3) is 0.875. The maximum atomic E-state index is 11.0. The van der Waals surface area contributed by atoms with Crippen LogP contribution in [-0.2, 0) is 18.6 Å². The van der Waals surface area contributed by atoms with E-state index in [1.807, 2.05) is 0 Å². The number of nitrogens with one attached hydrogen (secondary N) is 1. The minimum absolute atomic E-state index is 0.624. The normalized spacial score (nSPS) is 36.0. The largest absolute Gasteiger partial charge is 0.472 e. The number of hydrogen-bond acceptors (Lipinski definition) is 7. The van der Waals surface area contributed by atoms with Gasteiger partial charge in [0.05, 0.1) is 6.61 Å². The van der Waals surface area contributed by atoms with E-state index >= 15 is 0 Å². The fourth-order valence-electron chi connectivity index (χ4n) is 1.70. The molecule has 6 N–H and O–H groups in total. The molecule has 1 amide bonds. The Morgan fingerprint density at radius 2 is 1.95 bits per heavy atom. The topological polar surface area (TPSA) is 166 Å². The van der Waals surface area contributed by atoms with Crippen molar-refractivity contribution in [3.63, 3.8) is 0 Å². The van der Waals surface area contributed by atoms with E-state index in [-0.39, 0.29) is 0 Å². The van der Waals surface area contributed by atoms with E-state index in [0.717, 1.165) is 6.92 Å². The van der Waals surface area contributed by atoms with Gasteiger partial charge in [-0.1, -0.05) is 0 Å². The van der Waals surface area contributed by atoms with E-state index in [2.05, 4.69) is 9.84 Å². The number of phosphoric acid groups is 1. The Labute approximate surface area is 108 Å². The van der Waals surface area contributed by atoms with Crippen LogP contribution >= 0.6 is 7.82 Å². The maximum absolute atomic E-state index is 11.0. The average molecular weight is 301 g/mol. The molecule has 1 fully saturated rings. The predicted molar refractivity (Wildman–Crippen MR) is 58.5 cm³/mol. The van der Waals surface area contributed by atoms with Crippen molar-refractivity contribution in [1.29, 1.82) is 0 Å². The minimum Gasteiger partial charge on any atom is -0.394 e. The lowest BCUT2D eigenvalue weighted by atomic mass is 9.97. The quantitative estimate of drug-likeness (QED) is 0.297. The lowest BCUT2D eigenvalue weighted by molar-refractivity contribution is -0.248. The van der Waals surface area contributed by atoms with Gasteiger partial charge in [-0.3, -0.25) is 9.32 Å². The summed E-state index contributed by atoms with van der Waals surface area (Å²) in [6, 6.07) is -1.39. The van der Waals surface area contributed by atoms with Crippen LogP contribution < -0.4 is 5.32 Å². The molecule has 1 aliphatic rings. The molecule has 5 atom stereocenters. The van der Waals surface area contributed by atoms with Crippen LogP contribution in [0, 0.1) is 0 Å². The number of aliphatic hydroxyl groups is 3. The summed E-state index contributed by atoms with van der Waals surface area (Å²) >= 11 is 0. The van der Waals surface area contributed by atoms with Gasteiger partial charge >= 0.3 is 7.82 Å². The summed E-state index contributed by atoms with van der Waals surface area (Å²) in [5.41, 5.74) is 0. The first-order valence-corrected chi connectivity index (χ1v) is 6.82. The van der Waals surface area contributed by atoms with Gasteiger partial charge in [-0.25, -0.2) is 4.57 Å². The lowest BCUT2D eigenvalue weighted by Crippen LogP contribution is -2.64. The van der Waals surface area contributed by atoms with E-state index in [1.54, 1.807) is 0 Å². The highest BCUT2D eigenvalue weighted by atomic mass is 31.2. The second-order valence-corrected chi connectivity index (χ2v) is 5.22. The predicted octanol–water partition coefficient (Wildman–Crippen LogP) is -2.96. The lowest BCUT2D eigenvalue weighted by Gasteiger charge is -2.41. The molecule has 11 heteroatoms. The highest BCUT2D eigenvalue weighted by molar-refractivity contribution is 7.46. The van der Waals surface area contributed by atoms with Crippen molar-refractivity contribution >= 4 is 13.7 Å². The Morgan fingerprint density at radius 1 is 1.37 bits per heavy atom. The summed E-state index contributed by atoms with van der Waals surface area (Å²) < 4.78 is 20.0. The Balaban J connectivity index is 2.92. The van der Waals surface area contributed by atoms with Gasteiger partial charge in [0.2, 0.25) is 5.91 Å². The SMILES string of the molecule is CC(=O)N[C@@H]1[C@@H](OP(=O)(O)O)O[C@H](CO)[C@@H](O)[C@@H]1O. The highest BCUT2D eigenvalue weighted by Gasteiger charge is 2.47. The molecule has 10 nitrogen and oxygen atoms in total. The zero-order chi connectivity index (χ0) is 14.8. The molecule has 0 saturated carbocycles. The van der Waals surface area contributed by atoms with E-state index in [1.165, 1.54) is 0 Å². The second kappa shape index (κ2) is 6.25. The van der Waals surface area contributed by atoms with Crippen LogP contribution in [0.4, 0.5) is 0 Å². The Hall–Kier alpha value is -0.580. The van der Waals surface area contributed by atoms with E-state index in [9.17, 15) is 19.6 Å². The molecule has 1 rings (SSSR count). The van der Waals surface area contributed by atoms with Crippen molar-refractivity contribution in [2.45, 2.75) is 37.6 Å². The van der Waals surface area contributed by atoms with Gasteiger partial charge in [-0.15, -0.1) is 0 Å². The number of amides is 1. The highest BCUT2D eigenvalue weighted by Crippen LogP contribution is 2.40. The number of phosphoric ester groups is 1. The molecule has 0 aromatic carbocycles. The van der Waals surface area contributed by atoms with Crippen LogP contribution in [0.1, 0.15) is 6.92 Å². The first kappa shape index (κ1) is 16.5. The third-order valence-corrected chi connectivity index (χ3v) is 2.97. The van der Waals surface area contributed by atoms with Crippen LogP contribution in [0.5, 0.6) is 0 Å². The number of rotatable bonds is 4. The summed E-state index contributed by atoms with van der Waals surface area (Å²) in [4.78, 5) is 28.4. The summed E-state index contributed by atoms with van der Waals surface area (Å²) in [5.74, 6) is -0.624. The summed E-state index contributed by atoms with van der Waals surface area (Å²) in [7, 11) is -4.95. The van der Waals surface area contributed by atoms with E-state index in [0.29, 0.717) is 0 Å². The molecule has 112 valence electrons. The zero-order valence-electron chi connectivity index (χ0n) is 9.91. The van der Waals surface area contributed by atoms with Crippen molar-refractivity contribution in [3.8, 4) is 0 Å². The monoisotopic (exact) mass is 301 g/mol. The van der Waals surface area contributed by atoms with Crippen molar-refractivity contribution in [2.24, 2.45) is 0 Å². The molecular weight excluding hydrogens is 285 g/mol. The summed E-state index contributed by atoms with van der Waals surface area (Å²) in [6.07, 6.45) is -6.17. The molecule has 0 bridgehead atoms. The average Bonchev–Trinajstić information content (AvgIpc) is 2.26. The third-order valence-electron chi connectivity index (χ3n) is 2.49. The third kappa shape index (κ3) is 4.48. The van der Waals surface area contributed by atoms with Gasteiger partial charge in [0.1, 0.15) is 24.4 Å². The Bertz CT molecular complexity index is 371. The summed E-state index contributed by atoms with van der Waals surface area (Å²) in [6.45, 7) is 0.401. The molecule has 1 heterocycles. The molecule has 0 radical (unpaired) electrons. The van der Waals surface area contributed by atoms with Crippen molar-refractivity contribution in [1.82, 2.24) is 5.32 Å². The van der Waals surface area contributed by atoms with Crippen LogP contribution in [0.3, 0.4) is 0 Å². The van der Waals surface area contributed by atoms with Crippen LogP contribution in [-0.4, -0.2) is 68.3 Å². The summed E-state index contributed by atoms with van der Waals surface area (Å²) in [5, 5.41) is 30.5. The Morgan fingerprint density at radius 3 is 2.37 bits per heavy atom. The maximum Gasteiger partial charge on any atom is 0.472 e. The molecule has 0 aromatic heterocycles. The van der Waals surface area contributed by atoms with Gasteiger partial charge in [0.25, 0.3) is 0 Å². The van der Waals surface area contributed by atoms with Gasteiger partial charge in [-0.2, -0.15) is 0 Å². The number of carbonyl (C=O) groups excluding carboxylic acids is 1.